The van der Waals surface area contributed by atoms with Crippen molar-refractivity contribution in [1.29, 1.82) is 0 Å². The van der Waals surface area contributed by atoms with Gasteiger partial charge in [0, 0.05) is 6.42 Å². The number of rotatable bonds is 1. The van der Waals surface area contributed by atoms with Gasteiger partial charge in [-0.15, -0.1) is 0 Å². The third-order valence-corrected chi connectivity index (χ3v) is 4.06. The molecule has 1 aliphatic rings. The molecule has 0 N–H and O–H groups in total. The van der Waals surface area contributed by atoms with E-state index in [0.29, 0.717) is 18.1 Å². The molecule has 0 spiro atoms. The van der Waals surface area contributed by atoms with Crippen molar-refractivity contribution < 1.29 is 4.79 Å². The van der Waals surface area contributed by atoms with Gasteiger partial charge in [0.25, 0.3) is 0 Å². The summed E-state index contributed by atoms with van der Waals surface area (Å²) in [7, 11) is 0. The molecule has 0 aliphatic heterocycles. The summed E-state index contributed by atoms with van der Waals surface area (Å²) in [6, 6.07) is 0. The Hall–Kier alpha value is -0.590. The average molecular weight is 208 g/mol. The Bertz CT molecular complexity index is 291. The molecule has 0 aromatic carbocycles. The van der Waals surface area contributed by atoms with Crippen LogP contribution in [-0.2, 0) is 4.79 Å². The van der Waals surface area contributed by atoms with Gasteiger partial charge in [0.15, 0.2) is 5.78 Å². The highest BCUT2D eigenvalue weighted by Gasteiger charge is 2.41. The van der Waals surface area contributed by atoms with E-state index in [1.807, 2.05) is 6.08 Å². The van der Waals surface area contributed by atoms with Crippen LogP contribution in [0.2, 0.25) is 0 Å². The third kappa shape index (κ3) is 2.50. The smallest absolute Gasteiger partial charge is 0.156 e. The molecule has 0 amide bonds. The van der Waals surface area contributed by atoms with Gasteiger partial charge in [0.2, 0.25) is 0 Å². The van der Waals surface area contributed by atoms with Crippen molar-refractivity contribution in [2.45, 2.75) is 54.4 Å². The Labute approximate surface area is 93.9 Å². The van der Waals surface area contributed by atoms with Crippen molar-refractivity contribution in [2.75, 3.05) is 0 Å². The van der Waals surface area contributed by atoms with Crippen LogP contribution in [0.15, 0.2) is 11.6 Å². The lowest BCUT2D eigenvalue weighted by molar-refractivity contribution is -0.119. The van der Waals surface area contributed by atoms with Gasteiger partial charge >= 0.3 is 0 Å². The molecule has 0 bridgehead atoms. The predicted octanol–water partition coefficient (Wildman–Crippen LogP) is 3.98. The second-order valence-electron chi connectivity index (χ2n) is 6.50. The molecule has 0 fully saturated rings. The Morgan fingerprint density at radius 2 is 1.80 bits per heavy atom. The van der Waals surface area contributed by atoms with E-state index in [0.717, 1.165) is 6.42 Å². The molecule has 0 saturated heterocycles. The summed E-state index contributed by atoms with van der Waals surface area (Å²) in [5.41, 5.74) is 1.64. The molecule has 15 heavy (non-hydrogen) atoms. The lowest BCUT2D eigenvalue weighted by atomic mass is 9.59. The lowest BCUT2D eigenvalue weighted by Crippen LogP contribution is -2.38. The Kier molecular flexibility index (Phi) is 3.14. The van der Waals surface area contributed by atoms with Crippen LogP contribution in [0.3, 0.4) is 0 Å². The van der Waals surface area contributed by atoms with Crippen LogP contribution in [0.25, 0.3) is 0 Å². The topological polar surface area (TPSA) is 17.1 Å². The molecular formula is C14H24O. The first-order valence-electron chi connectivity index (χ1n) is 5.89. The minimum Gasteiger partial charge on any atom is -0.295 e. The van der Waals surface area contributed by atoms with Gasteiger partial charge in [-0.3, -0.25) is 4.79 Å². The van der Waals surface area contributed by atoms with E-state index in [-0.39, 0.29) is 10.8 Å². The maximum absolute atomic E-state index is 11.8. The lowest BCUT2D eigenvalue weighted by Gasteiger charge is -2.45. The molecule has 86 valence electrons. The van der Waals surface area contributed by atoms with E-state index < -0.39 is 0 Å². The van der Waals surface area contributed by atoms with Gasteiger partial charge in [0.1, 0.15) is 0 Å². The van der Waals surface area contributed by atoms with Crippen molar-refractivity contribution in [3.8, 4) is 0 Å². The third-order valence-electron chi connectivity index (χ3n) is 4.06. The van der Waals surface area contributed by atoms with E-state index in [1.165, 1.54) is 5.57 Å². The predicted molar refractivity (Wildman–Crippen MR) is 64.7 cm³/mol. The van der Waals surface area contributed by atoms with Crippen LogP contribution >= 0.6 is 0 Å². The molecule has 0 aromatic rings. The van der Waals surface area contributed by atoms with Crippen LogP contribution < -0.4 is 0 Å². The number of carbonyl (C=O) groups is 1. The number of allylic oxidation sites excluding steroid dienone is 2. The molecule has 0 unspecified atom stereocenters. The fourth-order valence-corrected chi connectivity index (χ4v) is 2.11. The minimum atomic E-state index is 0.123. The fourth-order valence-electron chi connectivity index (χ4n) is 2.11. The molecule has 0 aromatic heterocycles. The first-order chi connectivity index (χ1) is 6.66. The molecule has 1 rings (SSSR count). The first-order valence-corrected chi connectivity index (χ1v) is 5.89. The van der Waals surface area contributed by atoms with Gasteiger partial charge < -0.3 is 0 Å². The summed E-state index contributed by atoms with van der Waals surface area (Å²) in [6.45, 7) is 13.3. The number of carbonyl (C=O) groups excluding carboxylic acids is 1. The van der Waals surface area contributed by atoms with Crippen LogP contribution in [-0.4, -0.2) is 5.78 Å². The molecule has 1 nitrogen and oxygen atoms in total. The van der Waals surface area contributed by atoms with E-state index in [9.17, 15) is 4.79 Å². The van der Waals surface area contributed by atoms with Gasteiger partial charge in [-0.2, -0.15) is 0 Å². The molecule has 0 saturated carbocycles. The van der Waals surface area contributed by atoms with E-state index in [2.05, 4.69) is 41.5 Å². The highest BCUT2D eigenvalue weighted by Crippen LogP contribution is 2.49. The summed E-state index contributed by atoms with van der Waals surface area (Å²) in [4.78, 5) is 11.8. The number of ketones is 1. The molecule has 1 heteroatoms. The van der Waals surface area contributed by atoms with Crippen LogP contribution in [0.5, 0.6) is 0 Å². The second-order valence-corrected chi connectivity index (χ2v) is 6.50. The summed E-state index contributed by atoms with van der Waals surface area (Å²) in [5.74, 6) is 0.804. The largest absolute Gasteiger partial charge is 0.295 e. The van der Waals surface area contributed by atoms with Crippen molar-refractivity contribution in [3.05, 3.63) is 11.6 Å². The molecule has 1 aliphatic carbocycles. The molecule has 0 heterocycles. The SMILES string of the molecule is CC(C)C1=CC(=O)C[C@](C)(C(C)(C)C)C1. The van der Waals surface area contributed by atoms with E-state index in [4.69, 9.17) is 0 Å². The minimum absolute atomic E-state index is 0.123. The zero-order valence-corrected chi connectivity index (χ0v) is 11.0. The van der Waals surface area contributed by atoms with Crippen molar-refractivity contribution >= 4 is 5.78 Å². The summed E-state index contributed by atoms with van der Waals surface area (Å²) in [6.07, 6.45) is 3.64. The van der Waals surface area contributed by atoms with Gasteiger partial charge in [-0.25, -0.2) is 0 Å². The van der Waals surface area contributed by atoms with Crippen molar-refractivity contribution in [2.24, 2.45) is 16.7 Å². The maximum atomic E-state index is 11.8. The van der Waals surface area contributed by atoms with Crippen LogP contribution in [0.1, 0.15) is 54.4 Å². The van der Waals surface area contributed by atoms with Crippen LogP contribution in [0.4, 0.5) is 0 Å². The highest BCUT2D eigenvalue weighted by atomic mass is 16.1. The quantitative estimate of drug-likeness (QED) is 0.637. The second kappa shape index (κ2) is 3.77. The van der Waals surface area contributed by atoms with Gasteiger partial charge in [-0.1, -0.05) is 47.1 Å². The fraction of sp³-hybridized carbons (Fsp3) is 0.786. The van der Waals surface area contributed by atoms with E-state index >= 15 is 0 Å². The Morgan fingerprint density at radius 3 is 2.20 bits per heavy atom. The molecular weight excluding hydrogens is 184 g/mol. The monoisotopic (exact) mass is 208 g/mol. The highest BCUT2D eigenvalue weighted by molar-refractivity contribution is 5.92. The number of hydrogen-bond donors (Lipinski definition) is 0. The first kappa shape index (κ1) is 12.5. The summed E-state index contributed by atoms with van der Waals surface area (Å²) in [5, 5.41) is 0. The van der Waals surface area contributed by atoms with Crippen molar-refractivity contribution in [1.82, 2.24) is 0 Å². The Morgan fingerprint density at radius 1 is 1.27 bits per heavy atom. The summed E-state index contributed by atoms with van der Waals surface area (Å²) < 4.78 is 0. The van der Waals surface area contributed by atoms with Gasteiger partial charge in [-0.05, 0) is 29.2 Å². The Balaban J connectivity index is 3.01. The number of hydrogen-bond acceptors (Lipinski definition) is 1. The van der Waals surface area contributed by atoms with E-state index in [1.54, 1.807) is 0 Å². The zero-order valence-electron chi connectivity index (χ0n) is 11.0. The average Bonchev–Trinajstić information content (AvgIpc) is 2.00. The zero-order chi connectivity index (χ0) is 11.9. The molecule has 0 radical (unpaired) electrons. The van der Waals surface area contributed by atoms with Crippen molar-refractivity contribution in [3.63, 3.8) is 0 Å². The van der Waals surface area contributed by atoms with Gasteiger partial charge in [0.05, 0.1) is 0 Å². The normalized spacial score (nSPS) is 28.2. The summed E-state index contributed by atoms with van der Waals surface area (Å²) >= 11 is 0. The van der Waals surface area contributed by atoms with Crippen LogP contribution in [0, 0.1) is 16.7 Å². The standard InChI is InChI=1S/C14H24O/c1-10(2)11-7-12(15)9-14(6,8-11)13(3,4)5/h7,10H,8-9H2,1-6H3/t14-/m1/s1. The molecule has 1 atom stereocenters. The maximum Gasteiger partial charge on any atom is 0.156 e.